The molecule has 0 radical (unpaired) electrons. The van der Waals surface area contributed by atoms with Gasteiger partial charge in [-0.05, 0) is 60.0 Å². The molecule has 0 spiro atoms. The first-order chi connectivity index (χ1) is 14.5. The number of benzene rings is 2. The summed E-state index contributed by atoms with van der Waals surface area (Å²) in [7, 11) is 0. The Hall–Kier alpha value is -2.99. The van der Waals surface area contributed by atoms with Crippen molar-refractivity contribution in [1.29, 1.82) is 0 Å². The third-order valence-corrected chi connectivity index (χ3v) is 6.69. The maximum atomic E-state index is 13.6. The molecular weight excluding hydrogens is 399 g/mol. The van der Waals surface area contributed by atoms with Crippen molar-refractivity contribution in [2.75, 3.05) is 13.1 Å². The molecule has 30 heavy (non-hydrogen) atoms. The van der Waals surface area contributed by atoms with E-state index in [4.69, 9.17) is 5.73 Å². The average Bonchev–Trinajstić information content (AvgIpc) is 3.28. The second-order valence-corrected chi connectivity index (χ2v) is 8.74. The molecule has 1 aromatic heterocycles. The lowest BCUT2D eigenvalue weighted by molar-refractivity contribution is -0.130. The molecule has 0 bridgehead atoms. The van der Waals surface area contributed by atoms with E-state index < -0.39 is 17.1 Å². The highest BCUT2D eigenvalue weighted by Crippen LogP contribution is 2.38. The van der Waals surface area contributed by atoms with E-state index in [0.29, 0.717) is 25.8 Å². The number of carbonyl (C=O) groups excluding carboxylic acids is 2. The minimum atomic E-state index is -0.853. The highest BCUT2D eigenvalue weighted by atomic mass is 32.1. The number of nitrogens with zero attached hydrogens (tertiary/aromatic N) is 1. The van der Waals surface area contributed by atoms with E-state index in [-0.39, 0.29) is 18.0 Å². The number of primary amides is 1. The van der Waals surface area contributed by atoms with Crippen LogP contribution in [0.2, 0.25) is 0 Å². The Balaban J connectivity index is 1.64. The van der Waals surface area contributed by atoms with Gasteiger partial charge in [0.05, 0.1) is 5.41 Å². The van der Waals surface area contributed by atoms with Crippen LogP contribution in [0.4, 0.5) is 4.39 Å². The molecule has 2 amide bonds. The van der Waals surface area contributed by atoms with Crippen molar-refractivity contribution in [1.82, 2.24) is 4.90 Å². The standard InChI is InChI=1S/C24H23FN2O2S/c25-19-8-3-7-17(14-19)22(28)27-12-5-11-24(16-27,23(26)29)15-18-6-1-2-9-20(18)21-10-4-13-30-21/h1-4,6-10,13-14H,5,11-12,15-16H2,(H2,26,29)/t24-/m0/s1. The van der Waals surface area contributed by atoms with Crippen molar-refractivity contribution in [2.45, 2.75) is 19.3 Å². The second kappa shape index (κ2) is 8.40. The number of thiophene rings is 1. The van der Waals surface area contributed by atoms with E-state index in [1.807, 2.05) is 35.7 Å². The minimum Gasteiger partial charge on any atom is -0.369 e. The highest BCUT2D eigenvalue weighted by molar-refractivity contribution is 7.13. The highest BCUT2D eigenvalue weighted by Gasteiger charge is 2.42. The quantitative estimate of drug-likeness (QED) is 0.658. The first-order valence-electron chi connectivity index (χ1n) is 9.95. The summed E-state index contributed by atoms with van der Waals surface area (Å²) < 4.78 is 13.6. The van der Waals surface area contributed by atoms with Gasteiger partial charge in [0.15, 0.2) is 0 Å². The number of hydrogen-bond donors (Lipinski definition) is 1. The van der Waals surface area contributed by atoms with Crippen LogP contribution in [-0.4, -0.2) is 29.8 Å². The van der Waals surface area contributed by atoms with E-state index in [1.165, 1.54) is 18.2 Å². The number of hydrogen-bond acceptors (Lipinski definition) is 3. The van der Waals surface area contributed by atoms with Crippen LogP contribution in [0.5, 0.6) is 0 Å². The molecule has 1 atom stereocenters. The van der Waals surface area contributed by atoms with Crippen molar-refractivity contribution in [3.8, 4) is 10.4 Å². The maximum absolute atomic E-state index is 13.6. The number of rotatable bonds is 5. The molecular formula is C24H23FN2O2S. The van der Waals surface area contributed by atoms with Gasteiger partial charge in [0, 0.05) is 23.5 Å². The van der Waals surface area contributed by atoms with Crippen LogP contribution in [0.25, 0.3) is 10.4 Å². The number of piperidine rings is 1. The molecule has 1 aliphatic rings. The van der Waals surface area contributed by atoms with Crippen molar-refractivity contribution < 1.29 is 14.0 Å². The van der Waals surface area contributed by atoms with Crippen molar-refractivity contribution in [3.05, 3.63) is 83.0 Å². The van der Waals surface area contributed by atoms with Gasteiger partial charge in [0.1, 0.15) is 5.82 Å². The van der Waals surface area contributed by atoms with Gasteiger partial charge in [-0.15, -0.1) is 11.3 Å². The van der Waals surface area contributed by atoms with Crippen LogP contribution < -0.4 is 5.73 Å². The smallest absolute Gasteiger partial charge is 0.253 e. The van der Waals surface area contributed by atoms with E-state index in [1.54, 1.807) is 22.3 Å². The fraction of sp³-hybridized carbons (Fsp3) is 0.250. The fourth-order valence-electron chi connectivity index (χ4n) is 4.25. The zero-order valence-electron chi connectivity index (χ0n) is 16.5. The predicted octanol–water partition coefficient (Wildman–Crippen LogP) is 4.50. The number of amides is 2. The molecule has 6 heteroatoms. The summed E-state index contributed by atoms with van der Waals surface area (Å²) in [6.45, 7) is 0.757. The van der Waals surface area contributed by atoms with Crippen LogP contribution in [-0.2, 0) is 11.2 Å². The summed E-state index contributed by atoms with van der Waals surface area (Å²) in [6, 6.07) is 17.7. The number of carbonyl (C=O) groups is 2. The van der Waals surface area contributed by atoms with Gasteiger partial charge in [0.2, 0.25) is 5.91 Å². The average molecular weight is 423 g/mol. The molecule has 0 saturated carbocycles. The van der Waals surface area contributed by atoms with E-state index >= 15 is 0 Å². The van der Waals surface area contributed by atoms with Crippen LogP contribution in [0.15, 0.2) is 66.0 Å². The Labute approximate surface area is 179 Å². The largest absolute Gasteiger partial charge is 0.369 e. The molecule has 0 unspecified atom stereocenters. The van der Waals surface area contributed by atoms with Crippen LogP contribution >= 0.6 is 11.3 Å². The Morgan fingerprint density at radius 1 is 1.10 bits per heavy atom. The Morgan fingerprint density at radius 2 is 1.93 bits per heavy atom. The molecule has 2 aromatic carbocycles. The molecule has 4 nitrogen and oxygen atoms in total. The van der Waals surface area contributed by atoms with E-state index in [2.05, 4.69) is 6.07 Å². The molecule has 2 N–H and O–H groups in total. The summed E-state index contributed by atoms with van der Waals surface area (Å²) in [5, 5.41) is 2.02. The molecule has 1 saturated heterocycles. The van der Waals surface area contributed by atoms with Crippen molar-refractivity contribution in [2.24, 2.45) is 11.1 Å². The Bertz CT molecular complexity index is 1070. The van der Waals surface area contributed by atoms with Gasteiger partial charge in [-0.3, -0.25) is 9.59 Å². The topological polar surface area (TPSA) is 63.4 Å². The molecule has 4 rings (SSSR count). The monoisotopic (exact) mass is 422 g/mol. The lowest BCUT2D eigenvalue weighted by atomic mass is 9.73. The van der Waals surface area contributed by atoms with Crippen molar-refractivity contribution >= 4 is 23.2 Å². The second-order valence-electron chi connectivity index (χ2n) is 7.80. The van der Waals surface area contributed by atoms with Crippen LogP contribution in [0.1, 0.15) is 28.8 Å². The summed E-state index contributed by atoms with van der Waals surface area (Å²) >= 11 is 1.65. The lowest BCUT2D eigenvalue weighted by Crippen LogP contribution is -2.53. The Kier molecular flexibility index (Phi) is 5.68. The van der Waals surface area contributed by atoms with Gasteiger partial charge in [-0.25, -0.2) is 4.39 Å². The first-order valence-corrected chi connectivity index (χ1v) is 10.8. The molecule has 0 aliphatic carbocycles. The summed E-state index contributed by atoms with van der Waals surface area (Å²) in [5.41, 5.74) is 7.47. The third-order valence-electron chi connectivity index (χ3n) is 5.79. The first kappa shape index (κ1) is 20.3. The van der Waals surface area contributed by atoms with Gasteiger partial charge >= 0.3 is 0 Å². The van der Waals surface area contributed by atoms with Gasteiger partial charge in [-0.1, -0.05) is 36.4 Å². The van der Waals surface area contributed by atoms with Crippen LogP contribution in [0.3, 0.4) is 0 Å². The van der Waals surface area contributed by atoms with E-state index in [9.17, 15) is 14.0 Å². The summed E-state index contributed by atoms with van der Waals surface area (Å²) in [5.74, 6) is -1.13. The van der Waals surface area contributed by atoms with Gasteiger partial charge in [0.25, 0.3) is 5.91 Å². The number of nitrogens with two attached hydrogens (primary N) is 1. The Morgan fingerprint density at radius 3 is 2.67 bits per heavy atom. The molecule has 3 aromatic rings. The summed E-state index contributed by atoms with van der Waals surface area (Å²) in [4.78, 5) is 28.4. The zero-order valence-corrected chi connectivity index (χ0v) is 17.3. The van der Waals surface area contributed by atoms with Crippen LogP contribution in [0, 0.1) is 11.2 Å². The molecule has 1 aliphatic heterocycles. The maximum Gasteiger partial charge on any atom is 0.253 e. The van der Waals surface area contributed by atoms with Crippen molar-refractivity contribution in [3.63, 3.8) is 0 Å². The fourth-order valence-corrected chi connectivity index (χ4v) is 5.04. The number of likely N-dealkylation sites (tertiary alicyclic amines) is 1. The van der Waals surface area contributed by atoms with E-state index in [0.717, 1.165) is 16.0 Å². The lowest BCUT2D eigenvalue weighted by Gasteiger charge is -2.41. The predicted molar refractivity (Wildman–Crippen MR) is 117 cm³/mol. The summed E-state index contributed by atoms with van der Waals surface area (Å²) in [6.07, 6.45) is 1.75. The minimum absolute atomic E-state index is 0.233. The number of halogens is 1. The zero-order chi connectivity index (χ0) is 21.1. The molecule has 154 valence electrons. The molecule has 2 heterocycles. The SMILES string of the molecule is NC(=O)[C@]1(Cc2ccccc2-c2cccs2)CCCN(C(=O)c2cccc(F)c2)C1. The van der Waals surface area contributed by atoms with Gasteiger partial charge in [-0.2, -0.15) is 0 Å². The molecule has 1 fully saturated rings. The van der Waals surface area contributed by atoms with Gasteiger partial charge < -0.3 is 10.6 Å². The third kappa shape index (κ3) is 4.00. The normalized spacial score (nSPS) is 18.9.